The zero-order chi connectivity index (χ0) is 17.1. The smallest absolute Gasteiger partial charge is 0.284 e. The molecular formula is C19H17NO3S. The summed E-state index contributed by atoms with van der Waals surface area (Å²) < 4.78 is 10.6. The summed E-state index contributed by atoms with van der Waals surface area (Å²) in [7, 11) is 3.19. The predicted molar refractivity (Wildman–Crippen MR) is 97.8 cm³/mol. The highest BCUT2D eigenvalue weighted by Crippen LogP contribution is 2.34. The fourth-order valence-corrected chi connectivity index (χ4v) is 3.22. The van der Waals surface area contributed by atoms with E-state index < -0.39 is 0 Å². The van der Waals surface area contributed by atoms with Gasteiger partial charge in [0.2, 0.25) is 0 Å². The summed E-state index contributed by atoms with van der Waals surface area (Å²) in [6.45, 7) is 2.03. The lowest BCUT2D eigenvalue weighted by atomic mass is 10.1. The number of nitrogens with zero attached hydrogens (tertiary/aromatic N) is 1. The van der Waals surface area contributed by atoms with Crippen molar-refractivity contribution in [3.05, 3.63) is 64.1 Å². The zero-order valence-corrected chi connectivity index (χ0v) is 14.5. The van der Waals surface area contributed by atoms with Gasteiger partial charge in [-0.3, -0.25) is 4.79 Å². The summed E-state index contributed by atoms with van der Waals surface area (Å²) in [5.74, 6) is 1.13. The van der Waals surface area contributed by atoms with Gasteiger partial charge in [-0.2, -0.15) is 0 Å². The van der Waals surface area contributed by atoms with Crippen molar-refractivity contribution in [3.63, 3.8) is 0 Å². The molecule has 2 aromatic carbocycles. The van der Waals surface area contributed by atoms with Gasteiger partial charge >= 0.3 is 0 Å². The Bertz CT molecular complexity index is 838. The second-order valence-electron chi connectivity index (χ2n) is 5.31. The van der Waals surface area contributed by atoms with Gasteiger partial charge in [0.25, 0.3) is 5.91 Å². The second kappa shape index (κ2) is 6.93. The van der Waals surface area contributed by atoms with E-state index in [0.29, 0.717) is 16.4 Å². The fourth-order valence-electron chi connectivity index (χ4n) is 2.31. The van der Waals surface area contributed by atoms with Gasteiger partial charge in [-0.05, 0) is 25.1 Å². The molecule has 1 heterocycles. The van der Waals surface area contributed by atoms with Crippen LogP contribution in [0.3, 0.4) is 0 Å². The molecule has 0 atom stereocenters. The highest BCUT2D eigenvalue weighted by Gasteiger charge is 2.23. The number of aryl methyl sites for hydroxylation is 1. The predicted octanol–water partition coefficient (Wildman–Crippen LogP) is 4.07. The highest BCUT2D eigenvalue weighted by atomic mass is 32.2. The third kappa shape index (κ3) is 3.36. The number of carbonyl (C=O) groups excluding carboxylic acids is 1. The molecule has 0 unspecified atom stereocenters. The third-order valence-electron chi connectivity index (χ3n) is 3.65. The van der Waals surface area contributed by atoms with Crippen LogP contribution in [0.5, 0.6) is 11.5 Å². The standard InChI is InChI=1S/C19H17NO3S/c1-12-4-6-13(7-5-12)19-20-18(21)17(24-19)10-14-8-9-15(22-2)11-16(14)23-3/h4-11H,1-3H3/b17-10+. The number of aliphatic imine (C=N–C) groups is 1. The first-order valence-corrected chi connectivity index (χ1v) is 8.24. The minimum atomic E-state index is -0.228. The molecule has 1 aliphatic heterocycles. The van der Waals surface area contributed by atoms with E-state index >= 15 is 0 Å². The Kier molecular flexibility index (Phi) is 4.71. The van der Waals surface area contributed by atoms with Gasteiger partial charge in [-0.15, -0.1) is 0 Å². The first-order chi connectivity index (χ1) is 11.6. The minimum absolute atomic E-state index is 0.228. The molecular weight excluding hydrogens is 322 g/mol. The van der Waals surface area contributed by atoms with Crippen LogP contribution in [0, 0.1) is 6.92 Å². The molecule has 1 amide bonds. The highest BCUT2D eigenvalue weighted by molar-refractivity contribution is 8.19. The average molecular weight is 339 g/mol. The van der Waals surface area contributed by atoms with Crippen molar-refractivity contribution in [2.45, 2.75) is 6.92 Å². The molecule has 3 rings (SSSR count). The molecule has 0 fully saturated rings. The third-order valence-corrected chi connectivity index (χ3v) is 4.68. The summed E-state index contributed by atoms with van der Waals surface area (Å²) in [6.07, 6.45) is 1.80. The maximum Gasteiger partial charge on any atom is 0.284 e. The molecule has 24 heavy (non-hydrogen) atoms. The average Bonchev–Trinajstić information content (AvgIpc) is 2.96. The number of methoxy groups -OCH3 is 2. The second-order valence-corrected chi connectivity index (χ2v) is 6.34. The lowest BCUT2D eigenvalue weighted by Crippen LogP contribution is -1.92. The van der Waals surface area contributed by atoms with Crippen LogP contribution in [0.1, 0.15) is 16.7 Å². The Morgan fingerprint density at radius 1 is 1.04 bits per heavy atom. The van der Waals surface area contributed by atoms with Crippen molar-refractivity contribution in [3.8, 4) is 11.5 Å². The largest absolute Gasteiger partial charge is 0.497 e. The van der Waals surface area contributed by atoms with E-state index in [1.165, 1.54) is 17.3 Å². The van der Waals surface area contributed by atoms with Crippen LogP contribution in [-0.4, -0.2) is 25.2 Å². The van der Waals surface area contributed by atoms with E-state index in [2.05, 4.69) is 4.99 Å². The van der Waals surface area contributed by atoms with Gasteiger partial charge in [0.05, 0.1) is 19.1 Å². The molecule has 0 aliphatic carbocycles. The maximum absolute atomic E-state index is 12.2. The Labute approximate surface area is 145 Å². The van der Waals surface area contributed by atoms with E-state index in [4.69, 9.17) is 9.47 Å². The van der Waals surface area contributed by atoms with Crippen LogP contribution in [0.25, 0.3) is 6.08 Å². The zero-order valence-electron chi connectivity index (χ0n) is 13.7. The molecule has 1 aliphatic rings. The maximum atomic E-state index is 12.2. The number of benzene rings is 2. The van der Waals surface area contributed by atoms with Crippen LogP contribution in [0.15, 0.2) is 52.4 Å². The van der Waals surface area contributed by atoms with Gasteiger partial charge in [-0.25, -0.2) is 4.99 Å². The number of thioether (sulfide) groups is 1. The van der Waals surface area contributed by atoms with Crippen molar-refractivity contribution < 1.29 is 14.3 Å². The molecule has 0 aromatic heterocycles. The van der Waals surface area contributed by atoms with E-state index in [1.54, 1.807) is 26.4 Å². The van der Waals surface area contributed by atoms with Crippen LogP contribution in [-0.2, 0) is 4.79 Å². The SMILES string of the molecule is COc1ccc(/C=C2/SC(c3ccc(C)cc3)=NC2=O)c(OC)c1. The summed E-state index contributed by atoms with van der Waals surface area (Å²) in [6, 6.07) is 13.5. The topological polar surface area (TPSA) is 47.9 Å². The van der Waals surface area contributed by atoms with Gasteiger partial charge in [0.15, 0.2) is 0 Å². The fraction of sp³-hybridized carbons (Fsp3) is 0.158. The van der Waals surface area contributed by atoms with E-state index in [9.17, 15) is 4.79 Å². The van der Waals surface area contributed by atoms with Gasteiger partial charge in [0, 0.05) is 17.2 Å². The van der Waals surface area contributed by atoms with Crippen LogP contribution in [0.4, 0.5) is 0 Å². The molecule has 0 radical (unpaired) electrons. The van der Waals surface area contributed by atoms with Crippen LogP contribution >= 0.6 is 11.8 Å². The molecule has 122 valence electrons. The summed E-state index contributed by atoms with van der Waals surface area (Å²) in [5.41, 5.74) is 2.94. The van der Waals surface area contributed by atoms with Crippen LogP contribution in [0.2, 0.25) is 0 Å². The Hall–Kier alpha value is -2.53. The molecule has 0 spiro atoms. The lowest BCUT2D eigenvalue weighted by Gasteiger charge is -2.07. The summed E-state index contributed by atoms with van der Waals surface area (Å²) in [5, 5.41) is 0.721. The number of hydrogen-bond acceptors (Lipinski definition) is 4. The number of rotatable bonds is 4. The molecule has 0 saturated carbocycles. The van der Waals surface area contributed by atoms with Gasteiger partial charge in [-0.1, -0.05) is 41.6 Å². The number of ether oxygens (including phenoxy) is 2. The molecule has 4 nitrogen and oxygen atoms in total. The van der Waals surface area contributed by atoms with Crippen molar-refractivity contribution in [2.24, 2.45) is 4.99 Å². The summed E-state index contributed by atoms with van der Waals surface area (Å²) in [4.78, 5) is 16.9. The minimum Gasteiger partial charge on any atom is -0.497 e. The monoisotopic (exact) mass is 339 g/mol. The molecule has 5 heteroatoms. The Morgan fingerprint density at radius 2 is 1.79 bits per heavy atom. The van der Waals surface area contributed by atoms with Crippen molar-refractivity contribution in [1.29, 1.82) is 0 Å². The molecule has 2 aromatic rings. The van der Waals surface area contributed by atoms with Crippen molar-refractivity contribution in [1.82, 2.24) is 0 Å². The van der Waals surface area contributed by atoms with Crippen molar-refractivity contribution >= 4 is 28.8 Å². The molecule has 0 bridgehead atoms. The first kappa shape index (κ1) is 16.3. The van der Waals surface area contributed by atoms with Gasteiger partial charge in [0.1, 0.15) is 16.5 Å². The Balaban J connectivity index is 1.88. The Morgan fingerprint density at radius 3 is 2.46 bits per heavy atom. The number of hydrogen-bond donors (Lipinski definition) is 0. The van der Waals surface area contributed by atoms with Crippen LogP contribution < -0.4 is 9.47 Å². The molecule has 0 saturated heterocycles. The normalized spacial score (nSPS) is 15.5. The van der Waals surface area contributed by atoms with E-state index in [0.717, 1.165) is 16.2 Å². The quantitative estimate of drug-likeness (QED) is 0.788. The van der Waals surface area contributed by atoms with Gasteiger partial charge < -0.3 is 9.47 Å². The van der Waals surface area contributed by atoms with Crippen molar-refractivity contribution in [2.75, 3.05) is 14.2 Å². The lowest BCUT2D eigenvalue weighted by molar-refractivity contribution is -0.113. The number of amides is 1. The van der Waals surface area contributed by atoms with E-state index in [-0.39, 0.29) is 5.91 Å². The first-order valence-electron chi connectivity index (χ1n) is 7.42. The summed E-state index contributed by atoms with van der Waals surface area (Å²) >= 11 is 1.38. The molecule has 0 N–H and O–H groups in total. The number of carbonyl (C=O) groups is 1. The van der Waals surface area contributed by atoms with E-state index in [1.807, 2.05) is 43.3 Å².